The molecule has 3 amide bonds. The molecule has 4 aliphatic rings. The zero-order valence-electron chi connectivity index (χ0n) is 24.2. The molecule has 1 aromatic rings. The summed E-state index contributed by atoms with van der Waals surface area (Å²) in [5, 5.41) is 24.1. The Bertz CT molecular complexity index is 1300. The second-order valence-electron chi connectivity index (χ2n) is 11.7. The molecule has 0 aliphatic carbocycles. The number of carbonyl (C=O) groups excluding carboxylic acids is 4. The summed E-state index contributed by atoms with van der Waals surface area (Å²) in [5.74, 6) is -2.80. The molecule has 16 nitrogen and oxygen atoms in total. The van der Waals surface area contributed by atoms with E-state index in [4.69, 9.17) is 11.5 Å². The Morgan fingerprint density at radius 2 is 1.88 bits per heavy atom. The van der Waals surface area contributed by atoms with Crippen LogP contribution in [0.4, 0.5) is 0 Å². The number of rotatable bonds is 11. The van der Waals surface area contributed by atoms with Gasteiger partial charge in [0.05, 0.1) is 24.0 Å². The number of aromatic nitrogens is 4. The zero-order valence-corrected chi connectivity index (χ0v) is 25.0. The van der Waals surface area contributed by atoms with Crippen LogP contribution >= 0.6 is 11.8 Å². The van der Waals surface area contributed by atoms with Gasteiger partial charge in [-0.25, -0.2) is 9.48 Å². The van der Waals surface area contributed by atoms with E-state index < -0.39 is 24.0 Å². The van der Waals surface area contributed by atoms with E-state index in [0.29, 0.717) is 44.0 Å². The van der Waals surface area contributed by atoms with E-state index in [2.05, 4.69) is 20.8 Å². The smallest absolute Gasteiger partial charge is 0.353 e. The van der Waals surface area contributed by atoms with Crippen molar-refractivity contribution in [3.05, 3.63) is 16.9 Å². The van der Waals surface area contributed by atoms with Crippen molar-refractivity contribution in [2.75, 3.05) is 39.3 Å². The van der Waals surface area contributed by atoms with E-state index >= 15 is 0 Å². The Morgan fingerprint density at radius 3 is 2.51 bits per heavy atom. The van der Waals surface area contributed by atoms with Gasteiger partial charge in [-0.2, -0.15) is 0 Å². The summed E-state index contributed by atoms with van der Waals surface area (Å²) < 4.78 is 1.33. The van der Waals surface area contributed by atoms with Crippen LogP contribution in [0.5, 0.6) is 0 Å². The number of fused-ring (bicyclic) bond motifs is 1. The molecule has 0 aromatic carbocycles. The molecule has 0 saturated carbocycles. The van der Waals surface area contributed by atoms with Crippen molar-refractivity contribution in [1.82, 2.24) is 40.2 Å². The average molecular weight is 619 g/mol. The molecule has 17 heteroatoms. The van der Waals surface area contributed by atoms with Crippen molar-refractivity contribution in [2.45, 2.75) is 56.6 Å². The second-order valence-corrected chi connectivity index (χ2v) is 13.0. The van der Waals surface area contributed by atoms with Crippen molar-refractivity contribution < 1.29 is 29.1 Å². The van der Waals surface area contributed by atoms with Gasteiger partial charge >= 0.3 is 5.97 Å². The third-order valence-corrected chi connectivity index (χ3v) is 10.4. The van der Waals surface area contributed by atoms with E-state index in [1.165, 1.54) is 27.7 Å². The zero-order chi connectivity index (χ0) is 31.0. The Labute approximate surface area is 252 Å². The molecule has 6 N–H and O–H groups in total. The van der Waals surface area contributed by atoms with Gasteiger partial charge < -0.3 is 36.6 Å². The predicted octanol–water partition coefficient (Wildman–Crippen LogP) is -2.54. The average Bonchev–Trinajstić information content (AvgIpc) is 3.72. The molecule has 3 fully saturated rings. The minimum absolute atomic E-state index is 0.00205. The first kappa shape index (κ1) is 31.0. The standard InChI is InChI=1S/C26H38N10O6S/c1-13(7-15(37)11-35-12-30-31-32-35)19-20-14(2)22(21(26(41)42)36(20)25(19)40)43-16-8-18(29-10-16)24(39)34-5-3-33(4-6-34)23(38)17(28)9-27/h12-14,16-20,29H,3-11,27-28H2,1-2H3,(H,41,42)/t13-,14-,16-,17+,18+,19+,20+/m1/s1. The summed E-state index contributed by atoms with van der Waals surface area (Å²) in [6, 6.07) is -1.50. The molecule has 0 bridgehead atoms. The van der Waals surface area contributed by atoms with E-state index in [0.717, 1.165) is 0 Å². The number of nitrogens with two attached hydrogens (primary N) is 2. The number of carboxylic acid groups (broad SMARTS) is 1. The Kier molecular flexibility index (Phi) is 9.15. The largest absolute Gasteiger partial charge is 0.477 e. The number of amides is 3. The maximum Gasteiger partial charge on any atom is 0.353 e. The van der Waals surface area contributed by atoms with Crippen molar-refractivity contribution in [3.8, 4) is 0 Å². The summed E-state index contributed by atoms with van der Waals surface area (Å²) in [5.41, 5.74) is 11.3. The van der Waals surface area contributed by atoms with E-state index in [-0.39, 0.29) is 71.8 Å². The van der Waals surface area contributed by atoms with Crippen LogP contribution in [0.1, 0.15) is 26.7 Å². The molecule has 3 saturated heterocycles. The van der Waals surface area contributed by atoms with Crippen molar-refractivity contribution in [2.24, 2.45) is 29.2 Å². The lowest BCUT2D eigenvalue weighted by Crippen LogP contribution is -2.62. The minimum Gasteiger partial charge on any atom is -0.477 e. The first-order valence-corrected chi connectivity index (χ1v) is 15.4. The van der Waals surface area contributed by atoms with Gasteiger partial charge in [-0.1, -0.05) is 13.8 Å². The maximum absolute atomic E-state index is 13.3. The number of aliphatic carboxylic acids is 1. The first-order chi connectivity index (χ1) is 20.5. The molecular weight excluding hydrogens is 580 g/mol. The number of Topliss-reactive ketones (excluding diaryl/α,β-unsaturated/α-hetero) is 1. The van der Waals surface area contributed by atoms with Crippen LogP contribution in [0.2, 0.25) is 0 Å². The van der Waals surface area contributed by atoms with Gasteiger partial charge in [0, 0.05) is 61.8 Å². The molecule has 234 valence electrons. The van der Waals surface area contributed by atoms with Gasteiger partial charge in [-0.05, 0) is 22.8 Å². The number of carbonyl (C=O) groups is 5. The maximum atomic E-state index is 13.3. The lowest BCUT2D eigenvalue weighted by atomic mass is 9.73. The van der Waals surface area contributed by atoms with Gasteiger partial charge in [0.1, 0.15) is 18.6 Å². The van der Waals surface area contributed by atoms with Gasteiger partial charge in [-0.15, -0.1) is 16.9 Å². The van der Waals surface area contributed by atoms with Gasteiger partial charge in [0.15, 0.2) is 5.78 Å². The third-order valence-electron chi connectivity index (χ3n) is 8.84. The van der Waals surface area contributed by atoms with Gasteiger partial charge in [-0.3, -0.25) is 19.2 Å². The van der Waals surface area contributed by atoms with Crippen LogP contribution in [-0.2, 0) is 30.5 Å². The highest BCUT2D eigenvalue weighted by Gasteiger charge is 2.60. The topological polar surface area (TPSA) is 223 Å². The molecule has 0 spiro atoms. The lowest BCUT2D eigenvalue weighted by molar-refractivity contribution is -0.160. The van der Waals surface area contributed by atoms with Crippen molar-refractivity contribution >= 4 is 41.2 Å². The summed E-state index contributed by atoms with van der Waals surface area (Å²) >= 11 is 1.42. The van der Waals surface area contributed by atoms with E-state index in [1.807, 2.05) is 13.8 Å². The molecule has 4 aliphatic heterocycles. The number of β-lactam (4-membered cyclic amide) rings is 1. The number of carboxylic acids is 1. The molecule has 43 heavy (non-hydrogen) atoms. The number of nitrogens with zero attached hydrogens (tertiary/aromatic N) is 7. The predicted molar refractivity (Wildman–Crippen MR) is 153 cm³/mol. The highest BCUT2D eigenvalue weighted by Crippen LogP contribution is 2.53. The monoisotopic (exact) mass is 618 g/mol. The summed E-state index contributed by atoms with van der Waals surface area (Å²) in [4.78, 5) is 69.1. The number of thioether (sulfide) groups is 1. The molecule has 7 atom stereocenters. The highest BCUT2D eigenvalue weighted by atomic mass is 32.2. The minimum atomic E-state index is -1.16. The van der Waals surface area contributed by atoms with Crippen LogP contribution in [0.3, 0.4) is 0 Å². The molecule has 0 unspecified atom stereocenters. The van der Waals surface area contributed by atoms with Gasteiger partial charge in [0.25, 0.3) is 0 Å². The van der Waals surface area contributed by atoms with Crippen LogP contribution in [0, 0.1) is 17.8 Å². The Morgan fingerprint density at radius 1 is 1.19 bits per heavy atom. The Balaban J connectivity index is 1.17. The van der Waals surface area contributed by atoms with Crippen molar-refractivity contribution in [1.29, 1.82) is 0 Å². The number of hydrogen-bond donors (Lipinski definition) is 4. The molecule has 0 radical (unpaired) electrons. The van der Waals surface area contributed by atoms with E-state index in [1.54, 1.807) is 9.80 Å². The number of ketones is 1. The van der Waals surface area contributed by atoms with Crippen molar-refractivity contribution in [3.63, 3.8) is 0 Å². The SMILES string of the molecule is C[C@H](CC(=O)Cn1cnnn1)[C@@H]1C(=O)N2C(C(=O)O)=C(S[C@H]3CN[C@H](C(=O)N4CCN(C(=O)[C@@H](N)CN)CC4)C3)[C@H](C)[C@@H]12. The summed E-state index contributed by atoms with van der Waals surface area (Å²) in [7, 11) is 0. The number of piperazine rings is 1. The second kappa shape index (κ2) is 12.7. The van der Waals surface area contributed by atoms with Crippen LogP contribution < -0.4 is 16.8 Å². The van der Waals surface area contributed by atoms with Crippen LogP contribution in [0.25, 0.3) is 0 Å². The lowest BCUT2D eigenvalue weighted by Gasteiger charge is -2.47. The molecule has 5 rings (SSSR count). The fourth-order valence-electron chi connectivity index (χ4n) is 6.61. The first-order valence-electron chi connectivity index (χ1n) is 14.5. The van der Waals surface area contributed by atoms with E-state index in [9.17, 15) is 29.1 Å². The molecule has 5 heterocycles. The number of nitrogens with one attached hydrogen (secondary N) is 1. The normalized spacial score (nSPS) is 28.5. The van der Waals surface area contributed by atoms with Gasteiger partial charge in [0.2, 0.25) is 17.7 Å². The Hall–Kier alpha value is -3.41. The summed E-state index contributed by atoms with van der Waals surface area (Å²) in [6.07, 6.45) is 2.01. The van der Waals surface area contributed by atoms with Crippen LogP contribution in [-0.4, -0.2) is 132 Å². The highest BCUT2D eigenvalue weighted by molar-refractivity contribution is 8.03. The number of tetrazole rings is 1. The summed E-state index contributed by atoms with van der Waals surface area (Å²) in [6.45, 7) is 5.94. The van der Waals surface area contributed by atoms with Crippen LogP contribution in [0.15, 0.2) is 16.9 Å². The number of hydrogen-bond acceptors (Lipinski definition) is 12. The fourth-order valence-corrected chi connectivity index (χ4v) is 8.09. The third kappa shape index (κ3) is 6.03. The quantitative estimate of drug-likeness (QED) is 0.188. The molecular formula is C26H38N10O6S. The fraction of sp³-hybridized carbons (Fsp3) is 0.692. The molecule has 1 aromatic heterocycles.